The zero-order chi connectivity index (χ0) is 14.1. The van der Waals surface area contributed by atoms with Crippen molar-refractivity contribution in [3.8, 4) is 0 Å². The van der Waals surface area contributed by atoms with Crippen LogP contribution >= 0.6 is 0 Å². The Bertz CT molecular complexity index is 762. The molecule has 4 aromatic rings. The van der Waals surface area contributed by atoms with Crippen LogP contribution in [0, 0.1) is 0 Å². The number of hydrogen-bond acceptors (Lipinski definition) is 1. The zero-order valence-corrected chi connectivity index (χ0v) is 12.4. The third kappa shape index (κ3) is 2.27. The van der Waals surface area contributed by atoms with Crippen LogP contribution in [-0.2, 0) is 10.8 Å². The van der Waals surface area contributed by atoms with Gasteiger partial charge in [-0.05, 0) is 32.3 Å². The average Bonchev–Trinajstić information content (AvgIpc) is 2.44. The first kappa shape index (κ1) is 13.1. The maximum absolute atomic E-state index is 9.56. The Kier molecular flexibility index (Phi) is 3.41. The van der Waals surface area contributed by atoms with Crippen LogP contribution in [0.4, 0.5) is 0 Å². The van der Waals surface area contributed by atoms with E-state index in [9.17, 15) is 4.21 Å². The Balaban J connectivity index is 0.000000272. The van der Waals surface area contributed by atoms with E-state index in [0.29, 0.717) is 0 Å². The molecule has 0 N–H and O–H groups in total. The van der Waals surface area contributed by atoms with Crippen molar-refractivity contribution in [1.82, 2.24) is 0 Å². The maximum Gasteiger partial charge on any atom is 0.0148 e. The molecule has 0 fully saturated rings. The fraction of sp³-hybridized carbons (Fsp3) is 0.111. The summed E-state index contributed by atoms with van der Waals surface area (Å²) in [5, 5.41) is 8.14. The van der Waals surface area contributed by atoms with Gasteiger partial charge in [0.25, 0.3) is 0 Å². The fourth-order valence-electron chi connectivity index (χ4n) is 2.67. The summed E-state index contributed by atoms with van der Waals surface area (Å²) in [5.74, 6) is 0. The Hall–Kier alpha value is -1.93. The minimum atomic E-state index is -0.611. The molecule has 4 aromatic carbocycles. The molecule has 0 unspecified atom stereocenters. The molecule has 0 aromatic heterocycles. The van der Waals surface area contributed by atoms with Gasteiger partial charge >= 0.3 is 0 Å². The van der Waals surface area contributed by atoms with Crippen LogP contribution in [-0.4, -0.2) is 16.7 Å². The lowest BCUT2D eigenvalue weighted by Gasteiger charge is -2.09. The first-order valence-corrected chi connectivity index (χ1v) is 8.51. The van der Waals surface area contributed by atoms with Crippen LogP contribution in [0.3, 0.4) is 0 Å². The lowest BCUT2D eigenvalue weighted by atomic mass is 9.95. The summed E-state index contributed by atoms with van der Waals surface area (Å²) < 4.78 is 9.56. The molecule has 0 bridgehead atoms. The third-order valence-electron chi connectivity index (χ3n) is 3.39. The second-order valence-electron chi connectivity index (χ2n) is 5.03. The normalized spacial score (nSPS) is 11.2. The standard InChI is InChI=1S/C16H10.C2H6OS/c1-3-11-7-9-13-5-2-6-14-10-8-12(4-1)15(11)16(13)14;1-4(2)3/h1-10H;1-2H3. The Morgan fingerprint density at radius 2 is 0.850 bits per heavy atom. The van der Waals surface area contributed by atoms with E-state index in [1.807, 2.05) is 0 Å². The predicted molar refractivity (Wildman–Crippen MR) is 90.1 cm³/mol. The summed E-state index contributed by atoms with van der Waals surface area (Å²) in [6.45, 7) is 0. The molecule has 4 rings (SSSR count). The van der Waals surface area contributed by atoms with Crippen LogP contribution in [0.1, 0.15) is 0 Å². The van der Waals surface area contributed by atoms with Crippen molar-refractivity contribution < 1.29 is 4.21 Å². The molecule has 0 radical (unpaired) electrons. The van der Waals surface area contributed by atoms with Crippen LogP contribution in [0.5, 0.6) is 0 Å². The molecule has 0 aliphatic heterocycles. The minimum Gasteiger partial charge on any atom is -0.260 e. The van der Waals surface area contributed by atoms with Gasteiger partial charge in [-0.15, -0.1) is 0 Å². The molecule has 0 heterocycles. The summed E-state index contributed by atoms with van der Waals surface area (Å²) in [5.41, 5.74) is 0. The Morgan fingerprint density at radius 3 is 1.10 bits per heavy atom. The lowest BCUT2D eigenvalue weighted by Crippen LogP contribution is -1.82. The monoisotopic (exact) mass is 280 g/mol. The van der Waals surface area contributed by atoms with Crippen molar-refractivity contribution in [3.63, 3.8) is 0 Å². The van der Waals surface area contributed by atoms with Gasteiger partial charge in [-0.1, -0.05) is 60.7 Å². The maximum atomic E-state index is 9.56. The van der Waals surface area contributed by atoms with Crippen LogP contribution in [0.15, 0.2) is 60.7 Å². The molecular weight excluding hydrogens is 264 g/mol. The molecule has 0 saturated carbocycles. The van der Waals surface area contributed by atoms with Crippen LogP contribution < -0.4 is 0 Å². The molecule has 0 saturated heterocycles. The van der Waals surface area contributed by atoms with Gasteiger partial charge in [0, 0.05) is 23.3 Å². The highest BCUT2D eigenvalue weighted by Gasteiger charge is 2.05. The van der Waals surface area contributed by atoms with Crippen molar-refractivity contribution >= 4 is 43.1 Å². The first-order chi connectivity index (χ1) is 9.66. The van der Waals surface area contributed by atoms with E-state index in [1.54, 1.807) is 12.5 Å². The van der Waals surface area contributed by atoms with Crippen molar-refractivity contribution in [2.45, 2.75) is 0 Å². The quantitative estimate of drug-likeness (QED) is 0.431. The van der Waals surface area contributed by atoms with Crippen molar-refractivity contribution in [2.24, 2.45) is 0 Å². The van der Waals surface area contributed by atoms with E-state index >= 15 is 0 Å². The lowest BCUT2D eigenvalue weighted by molar-refractivity contribution is 0.690. The van der Waals surface area contributed by atoms with Gasteiger partial charge < -0.3 is 0 Å². The van der Waals surface area contributed by atoms with Crippen LogP contribution in [0.2, 0.25) is 0 Å². The van der Waals surface area contributed by atoms with Gasteiger partial charge in [-0.3, -0.25) is 4.21 Å². The first-order valence-electron chi connectivity index (χ1n) is 6.54. The highest BCUT2D eigenvalue weighted by Crippen LogP contribution is 2.33. The fourth-order valence-corrected chi connectivity index (χ4v) is 2.67. The summed E-state index contributed by atoms with van der Waals surface area (Å²) >= 11 is 0. The van der Waals surface area contributed by atoms with E-state index in [0.717, 1.165) is 0 Å². The second kappa shape index (κ2) is 5.22. The molecule has 20 heavy (non-hydrogen) atoms. The van der Waals surface area contributed by atoms with Gasteiger partial charge in [-0.25, -0.2) is 0 Å². The van der Waals surface area contributed by atoms with Crippen molar-refractivity contribution in [2.75, 3.05) is 12.5 Å². The highest BCUT2D eigenvalue weighted by atomic mass is 32.2. The smallest absolute Gasteiger partial charge is 0.0148 e. The molecule has 0 atom stereocenters. The number of benzene rings is 4. The van der Waals surface area contributed by atoms with Crippen molar-refractivity contribution in [1.29, 1.82) is 0 Å². The molecule has 0 aliphatic rings. The zero-order valence-electron chi connectivity index (χ0n) is 11.6. The van der Waals surface area contributed by atoms with Gasteiger partial charge in [0.15, 0.2) is 0 Å². The second-order valence-corrected chi connectivity index (χ2v) is 6.51. The molecular formula is C18H16OS. The van der Waals surface area contributed by atoms with Crippen molar-refractivity contribution in [3.05, 3.63) is 60.7 Å². The predicted octanol–water partition coefficient (Wildman–Crippen LogP) is 4.58. The highest BCUT2D eigenvalue weighted by molar-refractivity contribution is 7.83. The SMILES string of the molecule is CS(C)=O.c1cc2ccc3cccc4ccc(c1)c2c34. The molecule has 1 nitrogen and oxygen atoms in total. The van der Waals surface area contributed by atoms with E-state index in [-0.39, 0.29) is 0 Å². The van der Waals surface area contributed by atoms with E-state index in [2.05, 4.69) is 60.7 Å². The largest absolute Gasteiger partial charge is 0.260 e. The topological polar surface area (TPSA) is 17.1 Å². The van der Waals surface area contributed by atoms with Gasteiger partial charge in [0.05, 0.1) is 0 Å². The minimum absolute atomic E-state index is 0.611. The van der Waals surface area contributed by atoms with Gasteiger partial charge in [0.2, 0.25) is 0 Å². The summed E-state index contributed by atoms with van der Waals surface area (Å²) in [7, 11) is -0.611. The van der Waals surface area contributed by atoms with Gasteiger partial charge in [-0.2, -0.15) is 0 Å². The number of hydrogen-bond donors (Lipinski definition) is 0. The van der Waals surface area contributed by atoms with E-state index in [4.69, 9.17) is 0 Å². The third-order valence-corrected chi connectivity index (χ3v) is 3.39. The summed E-state index contributed by atoms with van der Waals surface area (Å²) in [6, 6.07) is 21.9. The summed E-state index contributed by atoms with van der Waals surface area (Å²) in [4.78, 5) is 0. The van der Waals surface area contributed by atoms with E-state index < -0.39 is 10.8 Å². The summed E-state index contributed by atoms with van der Waals surface area (Å²) in [6.07, 6.45) is 3.28. The Labute approximate surface area is 121 Å². The number of rotatable bonds is 0. The van der Waals surface area contributed by atoms with E-state index in [1.165, 1.54) is 32.3 Å². The Morgan fingerprint density at radius 1 is 0.600 bits per heavy atom. The molecule has 0 aliphatic carbocycles. The molecule has 0 spiro atoms. The van der Waals surface area contributed by atoms with Crippen LogP contribution in [0.25, 0.3) is 32.3 Å². The average molecular weight is 280 g/mol. The molecule has 0 amide bonds. The van der Waals surface area contributed by atoms with Gasteiger partial charge in [0.1, 0.15) is 0 Å². The molecule has 100 valence electrons. The molecule has 2 heteroatoms.